The molecule has 3 heteroatoms. The number of alkyl halides is 1. The van der Waals surface area contributed by atoms with E-state index in [-0.39, 0.29) is 5.41 Å². The fourth-order valence-electron chi connectivity index (χ4n) is 4.62. The van der Waals surface area contributed by atoms with Crippen LogP contribution < -0.4 is 5.32 Å². The van der Waals surface area contributed by atoms with Crippen LogP contribution in [0, 0.1) is 17.3 Å². The molecule has 0 spiro atoms. The second-order valence-corrected chi connectivity index (χ2v) is 9.88. The van der Waals surface area contributed by atoms with Crippen LogP contribution in [0.4, 0.5) is 0 Å². The minimum absolute atomic E-state index is 0.0318. The van der Waals surface area contributed by atoms with E-state index in [0.717, 1.165) is 51.5 Å². The average Bonchev–Trinajstić information content (AvgIpc) is 2.57. The molecule has 0 aromatic rings. The number of hydrogen-bond donors (Lipinski definition) is 2. The van der Waals surface area contributed by atoms with E-state index in [9.17, 15) is 5.11 Å². The first-order chi connectivity index (χ1) is 11.7. The van der Waals surface area contributed by atoms with Crippen LogP contribution >= 0.6 is 11.6 Å². The van der Waals surface area contributed by atoms with Gasteiger partial charge in [0.25, 0.3) is 0 Å². The van der Waals surface area contributed by atoms with Crippen molar-refractivity contribution in [3.8, 4) is 0 Å². The molecule has 1 saturated carbocycles. The highest BCUT2D eigenvalue weighted by atomic mass is 35.5. The van der Waals surface area contributed by atoms with Crippen LogP contribution in [0.15, 0.2) is 0 Å². The van der Waals surface area contributed by atoms with Crippen LogP contribution in [0.2, 0.25) is 0 Å². The molecule has 0 aliphatic heterocycles. The number of aliphatic hydroxyl groups is 1. The van der Waals surface area contributed by atoms with Crippen molar-refractivity contribution in [2.75, 3.05) is 6.54 Å². The SMILES string of the molecule is CCN[C@@H](CCCC[C@@](O)(C1CCC(Cl)CC1)C(C)(C)CC)C(C)C. The third-order valence-corrected chi connectivity index (χ3v) is 7.42. The van der Waals surface area contributed by atoms with E-state index in [0.29, 0.717) is 23.3 Å². The molecule has 25 heavy (non-hydrogen) atoms. The zero-order valence-electron chi connectivity index (χ0n) is 17.7. The molecule has 0 heterocycles. The van der Waals surface area contributed by atoms with Crippen molar-refractivity contribution in [3.05, 3.63) is 0 Å². The number of rotatable bonds is 11. The minimum Gasteiger partial charge on any atom is -0.389 e. The van der Waals surface area contributed by atoms with Crippen molar-refractivity contribution in [1.82, 2.24) is 5.32 Å². The monoisotopic (exact) mass is 373 g/mol. The standard InChI is InChI=1S/C22H44ClNO/c1-7-21(5,6)22(25,18-12-14-19(23)15-13-18)16-10-9-11-20(17(3)4)24-8-2/h17-20,24-25H,7-16H2,1-6H3/t18?,19?,20-,22+/m0/s1. The Bertz CT molecular complexity index is 363. The first-order valence-electron chi connectivity index (χ1n) is 10.8. The highest BCUT2D eigenvalue weighted by Gasteiger charge is 2.48. The lowest BCUT2D eigenvalue weighted by atomic mass is 9.61. The predicted molar refractivity (Wildman–Crippen MR) is 111 cm³/mol. The molecule has 0 saturated heterocycles. The van der Waals surface area contributed by atoms with Gasteiger partial charge < -0.3 is 10.4 Å². The topological polar surface area (TPSA) is 32.3 Å². The highest BCUT2D eigenvalue weighted by molar-refractivity contribution is 6.20. The third-order valence-electron chi connectivity index (χ3n) is 6.98. The Hall–Kier alpha value is 0.210. The van der Waals surface area contributed by atoms with Gasteiger partial charge in [0, 0.05) is 11.4 Å². The molecule has 0 radical (unpaired) electrons. The van der Waals surface area contributed by atoms with Crippen molar-refractivity contribution in [2.45, 2.75) is 116 Å². The first-order valence-corrected chi connectivity index (χ1v) is 11.2. The van der Waals surface area contributed by atoms with Gasteiger partial charge in [-0.15, -0.1) is 11.6 Å². The largest absolute Gasteiger partial charge is 0.389 e. The number of nitrogens with one attached hydrogen (secondary N) is 1. The summed E-state index contributed by atoms with van der Waals surface area (Å²) in [5.74, 6) is 1.08. The van der Waals surface area contributed by atoms with Crippen molar-refractivity contribution in [1.29, 1.82) is 0 Å². The lowest BCUT2D eigenvalue weighted by Gasteiger charge is -2.49. The van der Waals surface area contributed by atoms with Crippen LogP contribution in [0.1, 0.15) is 99.3 Å². The maximum absolute atomic E-state index is 11.8. The van der Waals surface area contributed by atoms with Gasteiger partial charge in [0.1, 0.15) is 0 Å². The molecule has 1 rings (SSSR count). The van der Waals surface area contributed by atoms with Crippen LogP contribution in [0.3, 0.4) is 0 Å². The Balaban J connectivity index is 2.66. The molecule has 0 bridgehead atoms. The summed E-state index contributed by atoms with van der Waals surface area (Å²) in [6.07, 6.45) is 9.77. The Morgan fingerprint density at radius 2 is 1.68 bits per heavy atom. The van der Waals surface area contributed by atoms with Gasteiger partial charge in [-0.3, -0.25) is 0 Å². The minimum atomic E-state index is -0.551. The summed E-state index contributed by atoms with van der Waals surface area (Å²) in [4.78, 5) is 0. The summed E-state index contributed by atoms with van der Waals surface area (Å²) in [6, 6.07) is 0.601. The Labute approximate surface area is 162 Å². The summed E-state index contributed by atoms with van der Waals surface area (Å²) in [5.41, 5.74) is -0.583. The van der Waals surface area contributed by atoms with Gasteiger partial charge in [-0.25, -0.2) is 0 Å². The zero-order valence-corrected chi connectivity index (χ0v) is 18.5. The summed E-state index contributed by atoms with van der Waals surface area (Å²) in [5, 5.41) is 15.7. The van der Waals surface area contributed by atoms with E-state index < -0.39 is 5.60 Å². The third kappa shape index (κ3) is 6.40. The van der Waals surface area contributed by atoms with Crippen LogP contribution in [0.25, 0.3) is 0 Å². The molecule has 1 aliphatic carbocycles. The number of unbranched alkanes of at least 4 members (excludes halogenated alkanes) is 1. The van der Waals surface area contributed by atoms with E-state index in [1.807, 2.05) is 0 Å². The predicted octanol–water partition coefficient (Wildman–Crippen LogP) is 6.15. The fraction of sp³-hybridized carbons (Fsp3) is 1.00. The van der Waals surface area contributed by atoms with E-state index in [1.54, 1.807) is 0 Å². The van der Waals surface area contributed by atoms with Crippen LogP contribution in [0.5, 0.6) is 0 Å². The molecular formula is C22H44ClNO. The molecule has 0 unspecified atom stereocenters. The van der Waals surface area contributed by atoms with E-state index >= 15 is 0 Å². The van der Waals surface area contributed by atoms with Gasteiger partial charge in [-0.05, 0) is 68.7 Å². The molecule has 0 amide bonds. The lowest BCUT2D eigenvalue weighted by molar-refractivity contribution is -0.130. The van der Waals surface area contributed by atoms with Gasteiger partial charge >= 0.3 is 0 Å². The van der Waals surface area contributed by atoms with Crippen molar-refractivity contribution in [2.24, 2.45) is 17.3 Å². The maximum atomic E-state index is 11.8. The molecule has 1 aliphatic rings. The fourth-order valence-corrected chi connectivity index (χ4v) is 4.88. The number of hydrogen-bond acceptors (Lipinski definition) is 2. The molecule has 2 atom stereocenters. The Kier molecular flexibility index (Phi) is 9.78. The van der Waals surface area contributed by atoms with Gasteiger partial charge in [0.2, 0.25) is 0 Å². The molecule has 150 valence electrons. The summed E-state index contributed by atoms with van der Waals surface area (Å²) < 4.78 is 0. The first kappa shape index (κ1) is 23.2. The molecule has 2 nitrogen and oxygen atoms in total. The molecule has 1 fully saturated rings. The highest BCUT2D eigenvalue weighted by Crippen LogP contribution is 2.48. The molecule has 2 N–H and O–H groups in total. The summed E-state index contributed by atoms with van der Waals surface area (Å²) in [6.45, 7) is 14.6. The summed E-state index contributed by atoms with van der Waals surface area (Å²) >= 11 is 6.31. The van der Waals surface area contributed by atoms with Gasteiger partial charge in [-0.1, -0.05) is 54.4 Å². The summed E-state index contributed by atoms with van der Waals surface area (Å²) in [7, 11) is 0. The van der Waals surface area contributed by atoms with Crippen LogP contribution in [-0.2, 0) is 0 Å². The van der Waals surface area contributed by atoms with E-state index in [1.165, 1.54) is 12.8 Å². The molecule has 0 aromatic carbocycles. The lowest BCUT2D eigenvalue weighted by Crippen LogP contribution is -2.51. The normalized spacial score (nSPS) is 25.8. The maximum Gasteiger partial charge on any atom is 0.0726 e. The second-order valence-electron chi connectivity index (χ2n) is 9.26. The quantitative estimate of drug-likeness (QED) is 0.336. The average molecular weight is 374 g/mol. The van der Waals surface area contributed by atoms with Gasteiger partial charge in [0.15, 0.2) is 0 Å². The van der Waals surface area contributed by atoms with E-state index in [2.05, 4.69) is 46.9 Å². The smallest absolute Gasteiger partial charge is 0.0726 e. The van der Waals surface area contributed by atoms with Crippen molar-refractivity contribution >= 4 is 11.6 Å². The molecule has 0 aromatic heterocycles. The van der Waals surface area contributed by atoms with Gasteiger partial charge in [-0.2, -0.15) is 0 Å². The van der Waals surface area contributed by atoms with Crippen molar-refractivity contribution in [3.63, 3.8) is 0 Å². The Morgan fingerprint density at radius 3 is 2.16 bits per heavy atom. The number of halogens is 1. The van der Waals surface area contributed by atoms with Crippen molar-refractivity contribution < 1.29 is 5.11 Å². The second kappa shape index (κ2) is 10.5. The molecular weight excluding hydrogens is 330 g/mol. The Morgan fingerprint density at radius 1 is 1.08 bits per heavy atom. The zero-order chi connectivity index (χ0) is 19.1. The van der Waals surface area contributed by atoms with Gasteiger partial charge in [0.05, 0.1) is 5.60 Å². The van der Waals surface area contributed by atoms with Crippen LogP contribution in [-0.4, -0.2) is 28.7 Å². The van der Waals surface area contributed by atoms with E-state index in [4.69, 9.17) is 11.6 Å².